The van der Waals surface area contributed by atoms with Gasteiger partial charge in [0.2, 0.25) is 0 Å². The first-order valence-corrected chi connectivity index (χ1v) is 15.9. The van der Waals surface area contributed by atoms with Crippen molar-refractivity contribution in [3.05, 3.63) is 151 Å². The Kier molecular flexibility index (Phi) is 7.24. The Bertz CT molecular complexity index is 2270. The van der Waals surface area contributed by atoms with Crippen molar-refractivity contribution in [3.8, 4) is 45.2 Å². The van der Waals surface area contributed by atoms with Crippen molar-refractivity contribution in [3.63, 3.8) is 0 Å². The average molecular weight is 593 g/mol. The fourth-order valence-electron chi connectivity index (χ4n) is 6.24. The normalized spacial score (nSPS) is 12.8. The molecule has 0 unspecified atom stereocenters. The molecule has 0 amide bonds. The Morgan fingerprint density at radius 1 is 0.522 bits per heavy atom. The molecule has 0 bridgehead atoms. The molecule has 1 aliphatic carbocycles. The fraction of sp³-hybridized carbons (Fsp3) is 0.0952. The lowest BCUT2D eigenvalue weighted by molar-refractivity contribution is 1.03. The Morgan fingerprint density at radius 2 is 1.17 bits per heavy atom. The van der Waals surface area contributed by atoms with Crippen LogP contribution in [-0.4, -0.2) is 19.9 Å². The zero-order valence-electron chi connectivity index (χ0n) is 25.7. The molecule has 46 heavy (non-hydrogen) atoms. The van der Waals surface area contributed by atoms with Gasteiger partial charge in [-0.15, -0.1) is 0 Å². The molecule has 4 aromatic carbocycles. The minimum absolute atomic E-state index is 0.618. The molecule has 8 rings (SSSR count). The van der Waals surface area contributed by atoms with Gasteiger partial charge in [0.15, 0.2) is 5.82 Å². The highest BCUT2D eigenvalue weighted by molar-refractivity contribution is 6.05. The smallest absolute Gasteiger partial charge is 0.179 e. The SMILES string of the molecule is CCc1cc(-c2nc(C3=CCCC=C3)cc(-c3ccc(-c4ccccc4)cc3)n2)nc2c1ccc1ccc(-c3ccccc3)nc12. The van der Waals surface area contributed by atoms with Crippen LogP contribution < -0.4 is 0 Å². The van der Waals surface area contributed by atoms with Gasteiger partial charge in [0.1, 0.15) is 5.69 Å². The maximum atomic E-state index is 5.27. The van der Waals surface area contributed by atoms with E-state index < -0.39 is 0 Å². The molecule has 0 radical (unpaired) electrons. The summed E-state index contributed by atoms with van der Waals surface area (Å²) in [6, 6.07) is 42.2. The van der Waals surface area contributed by atoms with E-state index in [0.29, 0.717) is 5.82 Å². The predicted molar refractivity (Wildman–Crippen MR) is 190 cm³/mol. The third-order valence-corrected chi connectivity index (χ3v) is 8.71. The largest absolute Gasteiger partial charge is 0.245 e. The van der Waals surface area contributed by atoms with E-state index in [2.05, 4.69) is 122 Å². The van der Waals surface area contributed by atoms with E-state index in [0.717, 1.165) is 80.5 Å². The van der Waals surface area contributed by atoms with Crippen LogP contribution >= 0.6 is 0 Å². The molecule has 0 saturated carbocycles. The van der Waals surface area contributed by atoms with Gasteiger partial charge < -0.3 is 0 Å². The molecule has 0 spiro atoms. The first-order chi connectivity index (χ1) is 22.7. The topological polar surface area (TPSA) is 51.6 Å². The van der Waals surface area contributed by atoms with Crippen molar-refractivity contribution < 1.29 is 0 Å². The lowest BCUT2D eigenvalue weighted by Crippen LogP contribution is -2.01. The van der Waals surface area contributed by atoms with Gasteiger partial charge in [0, 0.05) is 21.9 Å². The highest BCUT2D eigenvalue weighted by Gasteiger charge is 2.17. The number of rotatable bonds is 6. The molecule has 0 fully saturated rings. The van der Waals surface area contributed by atoms with Crippen LogP contribution in [0.1, 0.15) is 31.0 Å². The van der Waals surface area contributed by atoms with Crippen molar-refractivity contribution in [1.29, 1.82) is 0 Å². The number of pyridine rings is 2. The van der Waals surface area contributed by atoms with Gasteiger partial charge in [-0.2, -0.15) is 0 Å². The number of aromatic nitrogens is 4. The molecule has 220 valence electrons. The minimum atomic E-state index is 0.618. The summed E-state index contributed by atoms with van der Waals surface area (Å²) in [4.78, 5) is 20.7. The Hall–Kier alpha value is -5.74. The fourth-order valence-corrected chi connectivity index (χ4v) is 6.24. The van der Waals surface area contributed by atoms with Gasteiger partial charge in [0.25, 0.3) is 0 Å². The maximum Gasteiger partial charge on any atom is 0.179 e. The quantitative estimate of drug-likeness (QED) is 0.180. The van der Waals surface area contributed by atoms with Crippen molar-refractivity contribution in [2.24, 2.45) is 0 Å². The van der Waals surface area contributed by atoms with Crippen LogP contribution in [0.25, 0.3) is 72.5 Å². The average Bonchev–Trinajstić information content (AvgIpc) is 3.15. The molecule has 4 nitrogen and oxygen atoms in total. The molecule has 7 aromatic rings. The van der Waals surface area contributed by atoms with Gasteiger partial charge >= 0.3 is 0 Å². The number of benzene rings is 4. The van der Waals surface area contributed by atoms with Crippen LogP contribution in [0, 0.1) is 0 Å². The molecule has 3 heterocycles. The lowest BCUT2D eigenvalue weighted by Gasteiger charge is -2.14. The first-order valence-electron chi connectivity index (χ1n) is 15.9. The highest BCUT2D eigenvalue weighted by atomic mass is 14.9. The number of nitrogens with zero attached hydrogens (tertiary/aromatic N) is 4. The van der Waals surface area contributed by atoms with E-state index in [1.807, 2.05) is 24.3 Å². The van der Waals surface area contributed by atoms with Crippen LogP contribution in [0.4, 0.5) is 0 Å². The summed E-state index contributed by atoms with van der Waals surface area (Å²) in [5.74, 6) is 0.618. The summed E-state index contributed by atoms with van der Waals surface area (Å²) in [5.41, 5.74) is 12.1. The van der Waals surface area contributed by atoms with Crippen molar-refractivity contribution in [2.45, 2.75) is 26.2 Å². The zero-order valence-corrected chi connectivity index (χ0v) is 25.7. The second-order valence-electron chi connectivity index (χ2n) is 11.7. The van der Waals surface area contributed by atoms with E-state index in [9.17, 15) is 0 Å². The molecule has 0 N–H and O–H groups in total. The van der Waals surface area contributed by atoms with Gasteiger partial charge in [0.05, 0.1) is 28.1 Å². The number of hydrogen-bond acceptors (Lipinski definition) is 4. The number of fused-ring (bicyclic) bond motifs is 3. The van der Waals surface area contributed by atoms with Gasteiger partial charge in [-0.1, -0.05) is 128 Å². The third-order valence-electron chi connectivity index (χ3n) is 8.71. The molecule has 0 aliphatic heterocycles. The van der Waals surface area contributed by atoms with Crippen molar-refractivity contribution in [2.75, 3.05) is 0 Å². The summed E-state index contributed by atoms with van der Waals surface area (Å²) in [6.07, 6.45) is 9.57. The van der Waals surface area contributed by atoms with Gasteiger partial charge in [-0.25, -0.2) is 19.9 Å². The highest BCUT2D eigenvalue weighted by Crippen LogP contribution is 2.33. The number of aryl methyl sites for hydroxylation is 1. The Balaban J connectivity index is 1.30. The molecule has 0 saturated heterocycles. The monoisotopic (exact) mass is 592 g/mol. The summed E-state index contributed by atoms with van der Waals surface area (Å²) in [5, 5.41) is 2.17. The van der Waals surface area contributed by atoms with Gasteiger partial charge in [-0.3, -0.25) is 0 Å². The van der Waals surface area contributed by atoms with Crippen LogP contribution in [0.15, 0.2) is 140 Å². The molecule has 1 aliphatic rings. The summed E-state index contributed by atoms with van der Waals surface area (Å²) in [7, 11) is 0. The molecule has 0 atom stereocenters. The summed E-state index contributed by atoms with van der Waals surface area (Å²) < 4.78 is 0. The van der Waals surface area contributed by atoms with Crippen LogP contribution in [0.3, 0.4) is 0 Å². The maximum absolute atomic E-state index is 5.27. The van der Waals surface area contributed by atoms with Crippen LogP contribution in [-0.2, 0) is 6.42 Å². The minimum Gasteiger partial charge on any atom is -0.245 e. The molecule has 4 heteroatoms. The number of hydrogen-bond donors (Lipinski definition) is 0. The van der Waals surface area contributed by atoms with Gasteiger partial charge in [-0.05, 0) is 59.7 Å². The van der Waals surface area contributed by atoms with E-state index in [-0.39, 0.29) is 0 Å². The summed E-state index contributed by atoms with van der Waals surface area (Å²) in [6.45, 7) is 2.19. The van der Waals surface area contributed by atoms with Crippen LogP contribution in [0.2, 0.25) is 0 Å². The summed E-state index contributed by atoms with van der Waals surface area (Å²) >= 11 is 0. The third kappa shape index (κ3) is 5.28. The first kappa shape index (κ1) is 27.8. The predicted octanol–water partition coefficient (Wildman–Crippen LogP) is 10.5. The van der Waals surface area contributed by atoms with E-state index in [4.69, 9.17) is 19.9 Å². The second-order valence-corrected chi connectivity index (χ2v) is 11.7. The Morgan fingerprint density at radius 3 is 1.91 bits per heavy atom. The van der Waals surface area contributed by atoms with Crippen molar-refractivity contribution >= 4 is 27.4 Å². The Labute approximate surface area is 268 Å². The van der Waals surface area contributed by atoms with E-state index in [1.165, 1.54) is 16.7 Å². The lowest BCUT2D eigenvalue weighted by atomic mass is 10.00. The van der Waals surface area contributed by atoms with E-state index in [1.54, 1.807) is 0 Å². The second kappa shape index (κ2) is 12.0. The van der Waals surface area contributed by atoms with E-state index >= 15 is 0 Å². The molecular weight excluding hydrogens is 560 g/mol. The molecular formula is C42H32N4. The molecule has 3 aromatic heterocycles. The number of allylic oxidation sites excluding steroid dienone is 4. The van der Waals surface area contributed by atoms with Crippen molar-refractivity contribution in [1.82, 2.24) is 19.9 Å². The van der Waals surface area contributed by atoms with Crippen LogP contribution in [0.5, 0.6) is 0 Å². The standard InChI is InChI=1S/C42H32N4/c1-2-28-26-39(44-41-35(28)24-22-34-23-25-36(43-40(34)41)31-14-8-4-9-15-31)42-45-37(32-16-10-5-11-17-32)27-38(46-42)33-20-18-30(19-21-33)29-12-6-3-7-13-29/h3-4,6-10,12-27H,2,5,11H2,1H3. The zero-order chi connectivity index (χ0) is 30.9.